The Morgan fingerprint density at radius 2 is 2.17 bits per heavy atom. The van der Waals surface area contributed by atoms with Crippen molar-refractivity contribution < 1.29 is 4.21 Å². The molecule has 0 bridgehead atoms. The topological polar surface area (TPSA) is 80.9 Å². The summed E-state index contributed by atoms with van der Waals surface area (Å²) >= 11 is 0. The van der Waals surface area contributed by atoms with Gasteiger partial charge in [-0.05, 0) is 17.7 Å². The molecule has 0 aliphatic carbocycles. The van der Waals surface area contributed by atoms with Crippen LogP contribution in [-0.2, 0) is 17.3 Å². The molecule has 1 heterocycles. The van der Waals surface area contributed by atoms with Crippen LogP contribution in [0.3, 0.4) is 0 Å². The second kappa shape index (κ2) is 5.70. The van der Waals surface area contributed by atoms with Crippen molar-refractivity contribution in [3.8, 4) is 0 Å². The predicted octanol–water partition coefficient (Wildman–Crippen LogP) is 1.42. The Bertz CT molecular complexity index is 574. The summed E-state index contributed by atoms with van der Waals surface area (Å²) in [7, 11) is -1.11. The predicted molar refractivity (Wildman–Crippen MR) is 72.0 cm³/mol. The van der Waals surface area contributed by atoms with E-state index in [-0.39, 0.29) is 0 Å². The van der Waals surface area contributed by atoms with Crippen LogP contribution in [0.15, 0.2) is 41.7 Å². The van der Waals surface area contributed by atoms with Crippen molar-refractivity contribution in [1.82, 2.24) is 9.97 Å². The molecule has 1 aromatic heterocycles. The molecule has 0 aliphatic rings. The highest BCUT2D eigenvalue weighted by molar-refractivity contribution is 7.84. The zero-order chi connectivity index (χ0) is 13.0. The SMILES string of the molecule is CS(=O)c1cc(Nc2cccc(CN)c2)ncn1. The first-order chi connectivity index (χ1) is 8.69. The molecule has 2 rings (SSSR count). The summed E-state index contributed by atoms with van der Waals surface area (Å²) in [4.78, 5) is 8.03. The second-order valence-electron chi connectivity index (χ2n) is 3.73. The van der Waals surface area contributed by atoms with Gasteiger partial charge in [0.25, 0.3) is 0 Å². The molecule has 0 saturated carbocycles. The molecule has 1 aromatic carbocycles. The lowest BCUT2D eigenvalue weighted by Crippen LogP contribution is -2.00. The number of hydrogen-bond acceptors (Lipinski definition) is 5. The van der Waals surface area contributed by atoms with Crippen molar-refractivity contribution in [3.63, 3.8) is 0 Å². The van der Waals surface area contributed by atoms with Gasteiger partial charge in [0.15, 0.2) is 0 Å². The van der Waals surface area contributed by atoms with Gasteiger partial charge in [-0.2, -0.15) is 0 Å². The molecule has 94 valence electrons. The van der Waals surface area contributed by atoms with Crippen molar-refractivity contribution in [2.24, 2.45) is 5.73 Å². The summed E-state index contributed by atoms with van der Waals surface area (Å²) in [6, 6.07) is 9.42. The maximum atomic E-state index is 11.3. The fourth-order valence-corrected chi connectivity index (χ4v) is 1.96. The highest BCUT2D eigenvalue weighted by Gasteiger charge is 2.02. The van der Waals surface area contributed by atoms with Gasteiger partial charge in [-0.15, -0.1) is 0 Å². The third-order valence-corrected chi connectivity index (χ3v) is 3.18. The molecule has 6 heteroatoms. The molecule has 2 aromatic rings. The quantitative estimate of drug-likeness (QED) is 0.814. The Kier molecular flexibility index (Phi) is 4.01. The minimum Gasteiger partial charge on any atom is -0.340 e. The third kappa shape index (κ3) is 3.12. The summed E-state index contributed by atoms with van der Waals surface area (Å²) in [6.45, 7) is 0.490. The van der Waals surface area contributed by atoms with E-state index in [0.29, 0.717) is 17.4 Å². The molecule has 0 saturated heterocycles. The van der Waals surface area contributed by atoms with E-state index in [4.69, 9.17) is 5.73 Å². The smallest absolute Gasteiger partial charge is 0.134 e. The van der Waals surface area contributed by atoms with Gasteiger partial charge < -0.3 is 11.1 Å². The van der Waals surface area contributed by atoms with E-state index in [1.165, 1.54) is 6.33 Å². The number of hydrogen-bond donors (Lipinski definition) is 2. The molecule has 3 N–H and O–H groups in total. The van der Waals surface area contributed by atoms with Crippen molar-refractivity contribution in [3.05, 3.63) is 42.2 Å². The van der Waals surface area contributed by atoms with E-state index < -0.39 is 10.8 Å². The van der Waals surface area contributed by atoms with E-state index in [9.17, 15) is 4.21 Å². The molecule has 0 radical (unpaired) electrons. The average Bonchev–Trinajstić information content (AvgIpc) is 2.39. The summed E-state index contributed by atoms with van der Waals surface area (Å²) in [5.41, 5.74) is 7.51. The largest absolute Gasteiger partial charge is 0.340 e. The molecule has 0 fully saturated rings. The molecule has 0 aliphatic heterocycles. The van der Waals surface area contributed by atoms with E-state index >= 15 is 0 Å². The Morgan fingerprint density at radius 1 is 1.33 bits per heavy atom. The zero-order valence-electron chi connectivity index (χ0n) is 9.96. The van der Waals surface area contributed by atoms with Crippen LogP contribution in [0.2, 0.25) is 0 Å². The van der Waals surface area contributed by atoms with Crippen LogP contribution in [0.1, 0.15) is 5.56 Å². The summed E-state index contributed by atoms with van der Waals surface area (Å²) in [5.74, 6) is 0.615. The maximum Gasteiger partial charge on any atom is 0.134 e. The van der Waals surface area contributed by atoms with Crippen LogP contribution in [0.25, 0.3) is 0 Å². The number of aromatic nitrogens is 2. The Balaban J connectivity index is 2.22. The van der Waals surface area contributed by atoms with Crippen molar-refractivity contribution in [2.75, 3.05) is 11.6 Å². The molecule has 18 heavy (non-hydrogen) atoms. The van der Waals surface area contributed by atoms with Crippen LogP contribution < -0.4 is 11.1 Å². The lowest BCUT2D eigenvalue weighted by molar-refractivity contribution is 0.684. The van der Waals surface area contributed by atoms with Gasteiger partial charge in [-0.1, -0.05) is 12.1 Å². The third-order valence-electron chi connectivity index (χ3n) is 2.37. The standard InChI is InChI=1S/C12H14N4OS/c1-18(17)12-6-11(14-8-15-12)16-10-4-2-3-9(5-10)7-13/h2-6,8H,7,13H2,1H3,(H,14,15,16). The molecule has 0 amide bonds. The summed E-state index contributed by atoms with van der Waals surface area (Å²) in [6.07, 6.45) is 2.98. The van der Waals surface area contributed by atoms with Gasteiger partial charge in [0.2, 0.25) is 0 Å². The van der Waals surface area contributed by atoms with Gasteiger partial charge in [0, 0.05) is 24.6 Å². The summed E-state index contributed by atoms with van der Waals surface area (Å²) < 4.78 is 11.3. The number of rotatable bonds is 4. The van der Waals surface area contributed by atoms with Crippen LogP contribution in [0.5, 0.6) is 0 Å². The van der Waals surface area contributed by atoms with E-state index in [0.717, 1.165) is 11.3 Å². The molecule has 1 unspecified atom stereocenters. The van der Waals surface area contributed by atoms with Crippen LogP contribution in [-0.4, -0.2) is 20.4 Å². The monoisotopic (exact) mass is 262 g/mol. The number of nitrogens with two attached hydrogens (primary N) is 1. The maximum absolute atomic E-state index is 11.3. The number of benzene rings is 1. The highest BCUT2D eigenvalue weighted by atomic mass is 32.2. The van der Waals surface area contributed by atoms with Gasteiger partial charge >= 0.3 is 0 Å². The van der Waals surface area contributed by atoms with Crippen LogP contribution in [0, 0.1) is 0 Å². The minimum absolute atomic E-state index is 0.490. The van der Waals surface area contributed by atoms with E-state index in [1.807, 2.05) is 24.3 Å². The Hall–Kier alpha value is -1.79. The number of nitrogens with zero attached hydrogens (tertiary/aromatic N) is 2. The van der Waals surface area contributed by atoms with Gasteiger partial charge in [-0.25, -0.2) is 9.97 Å². The summed E-state index contributed by atoms with van der Waals surface area (Å²) in [5, 5.41) is 3.64. The molecular weight excluding hydrogens is 248 g/mol. The highest BCUT2D eigenvalue weighted by Crippen LogP contribution is 2.16. The van der Waals surface area contributed by atoms with Gasteiger partial charge in [0.1, 0.15) is 17.2 Å². The number of nitrogens with one attached hydrogen (secondary N) is 1. The van der Waals surface area contributed by atoms with Crippen LogP contribution in [0.4, 0.5) is 11.5 Å². The number of anilines is 2. The lowest BCUT2D eigenvalue weighted by atomic mass is 10.2. The molecule has 0 spiro atoms. The fourth-order valence-electron chi connectivity index (χ4n) is 1.49. The van der Waals surface area contributed by atoms with E-state index in [2.05, 4.69) is 15.3 Å². The molecular formula is C12H14N4OS. The first-order valence-electron chi connectivity index (χ1n) is 5.40. The average molecular weight is 262 g/mol. The van der Waals surface area contributed by atoms with Crippen molar-refractivity contribution in [2.45, 2.75) is 11.6 Å². The Morgan fingerprint density at radius 3 is 2.89 bits per heavy atom. The zero-order valence-corrected chi connectivity index (χ0v) is 10.8. The fraction of sp³-hybridized carbons (Fsp3) is 0.167. The van der Waals surface area contributed by atoms with Crippen molar-refractivity contribution in [1.29, 1.82) is 0 Å². The molecule has 1 atom stereocenters. The van der Waals surface area contributed by atoms with Crippen LogP contribution >= 0.6 is 0 Å². The van der Waals surface area contributed by atoms with E-state index in [1.54, 1.807) is 12.3 Å². The lowest BCUT2D eigenvalue weighted by Gasteiger charge is -2.07. The first kappa shape index (κ1) is 12.7. The Labute approximate surface area is 108 Å². The normalized spacial score (nSPS) is 12.1. The minimum atomic E-state index is -1.11. The second-order valence-corrected chi connectivity index (χ2v) is 5.05. The molecule has 5 nitrogen and oxygen atoms in total. The first-order valence-corrected chi connectivity index (χ1v) is 6.96. The van der Waals surface area contributed by atoms with Gasteiger partial charge in [0.05, 0.1) is 10.8 Å². The van der Waals surface area contributed by atoms with Gasteiger partial charge in [-0.3, -0.25) is 4.21 Å². The van der Waals surface area contributed by atoms with Crippen molar-refractivity contribution >= 4 is 22.3 Å².